The van der Waals surface area contributed by atoms with Crippen LogP contribution in [0.15, 0.2) is 36.0 Å². The van der Waals surface area contributed by atoms with Crippen molar-refractivity contribution in [2.75, 3.05) is 6.54 Å². The summed E-state index contributed by atoms with van der Waals surface area (Å²) in [5, 5.41) is 5.35. The molecule has 0 unspecified atom stereocenters. The number of aromatic nitrogens is 2. The van der Waals surface area contributed by atoms with Crippen molar-refractivity contribution in [3.8, 4) is 0 Å². The van der Waals surface area contributed by atoms with E-state index >= 15 is 0 Å². The number of hydrogen-bond acceptors (Lipinski definition) is 3. The summed E-state index contributed by atoms with van der Waals surface area (Å²) in [5.74, 6) is -1.70. The molecule has 0 saturated carbocycles. The summed E-state index contributed by atoms with van der Waals surface area (Å²) in [6, 6.07) is 6.40. The Hall–Kier alpha value is -1.79. The number of nitrogens with zero attached hydrogens (tertiary/aromatic N) is 2. The molecule has 104 valence electrons. The minimum atomic E-state index is -0.862. The van der Waals surface area contributed by atoms with Crippen LogP contribution in [0.2, 0.25) is 0 Å². The molecule has 2 heterocycles. The lowest BCUT2D eigenvalue weighted by Gasteiger charge is -2.06. The molecular formula is C14H13F2N3S. The Morgan fingerprint density at radius 3 is 2.90 bits per heavy atom. The van der Waals surface area contributed by atoms with Crippen molar-refractivity contribution in [3.63, 3.8) is 0 Å². The van der Waals surface area contributed by atoms with Gasteiger partial charge < -0.3 is 9.88 Å². The summed E-state index contributed by atoms with van der Waals surface area (Å²) in [7, 11) is 0. The molecule has 6 heteroatoms. The number of nitrogens with one attached hydrogen (secondary N) is 1. The molecule has 0 aliphatic carbocycles. The zero-order valence-electron chi connectivity index (χ0n) is 10.6. The van der Waals surface area contributed by atoms with Gasteiger partial charge >= 0.3 is 0 Å². The summed E-state index contributed by atoms with van der Waals surface area (Å²) in [5.41, 5.74) is 1.09. The third-order valence-corrected chi connectivity index (χ3v) is 3.95. The molecule has 3 nitrogen and oxygen atoms in total. The molecule has 1 aromatic carbocycles. The van der Waals surface area contributed by atoms with Gasteiger partial charge in [0.1, 0.15) is 0 Å². The zero-order chi connectivity index (χ0) is 13.9. The Balaban J connectivity index is 1.64. The van der Waals surface area contributed by atoms with Crippen molar-refractivity contribution in [1.82, 2.24) is 14.9 Å². The normalized spacial score (nSPS) is 11.3. The monoisotopic (exact) mass is 293 g/mol. The minimum absolute atomic E-state index is 0.474. The smallest absolute Gasteiger partial charge is 0.161 e. The Kier molecular flexibility index (Phi) is 3.75. The first-order valence-corrected chi connectivity index (χ1v) is 7.15. The van der Waals surface area contributed by atoms with Crippen LogP contribution in [0.25, 0.3) is 11.0 Å². The van der Waals surface area contributed by atoms with Crippen molar-refractivity contribution in [2.24, 2.45) is 0 Å². The third kappa shape index (κ3) is 2.71. The van der Waals surface area contributed by atoms with Gasteiger partial charge in [0.05, 0.1) is 17.4 Å². The van der Waals surface area contributed by atoms with Crippen LogP contribution in [-0.4, -0.2) is 16.1 Å². The molecule has 0 saturated heterocycles. The van der Waals surface area contributed by atoms with E-state index in [-0.39, 0.29) is 0 Å². The number of fused-ring (bicyclic) bond motifs is 1. The largest absolute Gasteiger partial charge is 0.329 e. The number of rotatable bonds is 5. The fourth-order valence-corrected chi connectivity index (χ4v) is 2.73. The quantitative estimate of drug-likeness (QED) is 0.732. The Bertz CT molecular complexity index is 707. The number of halogens is 2. The lowest BCUT2D eigenvalue weighted by Crippen LogP contribution is -2.18. The summed E-state index contributed by atoms with van der Waals surface area (Å²) in [4.78, 5) is 5.35. The van der Waals surface area contributed by atoms with Gasteiger partial charge in [0.15, 0.2) is 11.6 Å². The van der Waals surface area contributed by atoms with E-state index in [4.69, 9.17) is 0 Å². The van der Waals surface area contributed by atoms with Crippen molar-refractivity contribution in [1.29, 1.82) is 0 Å². The Labute approximate surface area is 118 Å². The molecule has 0 aliphatic rings. The van der Waals surface area contributed by atoms with Crippen LogP contribution in [0.5, 0.6) is 0 Å². The predicted molar refractivity (Wildman–Crippen MR) is 75.7 cm³/mol. The van der Waals surface area contributed by atoms with E-state index in [1.165, 1.54) is 10.9 Å². The molecule has 1 N–H and O–H groups in total. The molecular weight excluding hydrogens is 280 g/mol. The second-order valence-electron chi connectivity index (χ2n) is 4.45. The van der Waals surface area contributed by atoms with Crippen LogP contribution in [0.3, 0.4) is 0 Å². The summed E-state index contributed by atoms with van der Waals surface area (Å²) < 4.78 is 28.2. The van der Waals surface area contributed by atoms with Gasteiger partial charge in [-0.2, -0.15) is 0 Å². The molecule has 0 radical (unpaired) electrons. The molecule has 0 atom stereocenters. The maximum absolute atomic E-state index is 13.3. The van der Waals surface area contributed by atoms with E-state index in [0.717, 1.165) is 19.2 Å². The number of hydrogen-bond donors (Lipinski definition) is 1. The predicted octanol–water partition coefficient (Wildman–Crippen LogP) is 3.17. The highest BCUT2D eigenvalue weighted by atomic mass is 32.1. The maximum atomic E-state index is 13.3. The topological polar surface area (TPSA) is 29.9 Å². The highest BCUT2D eigenvalue weighted by molar-refractivity contribution is 7.09. The highest BCUT2D eigenvalue weighted by Crippen LogP contribution is 2.17. The summed E-state index contributed by atoms with van der Waals surface area (Å²) in [6.45, 7) is 2.21. The fourth-order valence-electron chi connectivity index (χ4n) is 2.06. The average molecular weight is 293 g/mol. The summed E-state index contributed by atoms with van der Waals surface area (Å²) in [6.07, 6.45) is 1.61. The van der Waals surface area contributed by atoms with Crippen LogP contribution in [0, 0.1) is 11.6 Å². The Morgan fingerprint density at radius 1 is 1.25 bits per heavy atom. The van der Waals surface area contributed by atoms with Crippen molar-refractivity contribution in [3.05, 3.63) is 52.5 Å². The van der Waals surface area contributed by atoms with Gasteiger partial charge in [0.25, 0.3) is 0 Å². The number of imidazole rings is 1. The first kappa shape index (κ1) is 13.2. The van der Waals surface area contributed by atoms with Crippen LogP contribution in [0.1, 0.15) is 4.88 Å². The molecule has 3 rings (SSSR count). The minimum Gasteiger partial charge on any atom is -0.329 e. The Morgan fingerprint density at radius 2 is 2.10 bits per heavy atom. The lowest BCUT2D eigenvalue weighted by molar-refractivity contribution is 0.510. The van der Waals surface area contributed by atoms with E-state index in [2.05, 4.69) is 16.4 Å². The molecule has 0 fully saturated rings. The van der Waals surface area contributed by atoms with Crippen molar-refractivity contribution < 1.29 is 8.78 Å². The molecule has 20 heavy (non-hydrogen) atoms. The number of benzene rings is 1. The van der Waals surface area contributed by atoms with Gasteiger partial charge in [-0.05, 0) is 11.4 Å². The number of thiophene rings is 1. The second kappa shape index (κ2) is 5.68. The SMILES string of the molecule is Fc1cc2ncn(CCNCc3cccs3)c2cc1F. The van der Waals surface area contributed by atoms with E-state index < -0.39 is 11.6 Å². The summed E-state index contributed by atoms with van der Waals surface area (Å²) >= 11 is 1.70. The van der Waals surface area contributed by atoms with Gasteiger partial charge in [-0.3, -0.25) is 0 Å². The molecule has 0 amide bonds. The maximum Gasteiger partial charge on any atom is 0.161 e. The molecule has 2 aromatic heterocycles. The van der Waals surface area contributed by atoms with Crippen LogP contribution >= 0.6 is 11.3 Å². The van der Waals surface area contributed by atoms with E-state index in [1.807, 2.05) is 16.0 Å². The molecule has 0 spiro atoms. The van der Waals surface area contributed by atoms with Gasteiger partial charge in [-0.1, -0.05) is 6.07 Å². The van der Waals surface area contributed by atoms with Gasteiger partial charge in [-0.25, -0.2) is 13.8 Å². The van der Waals surface area contributed by atoms with Gasteiger partial charge in [-0.15, -0.1) is 11.3 Å². The molecule has 3 aromatic rings. The molecule has 0 aliphatic heterocycles. The average Bonchev–Trinajstić information content (AvgIpc) is 3.06. The van der Waals surface area contributed by atoms with E-state index in [9.17, 15) is 8.78 Å². The van der Waals surface area contributed by atoms with Crippen LogP contribution in [0.4, 0.5) is 8.78 Å². The first-order chi connectivity index (χ1) is 9.74. The second-order valence-corrected chi connectivity index (χ2v) is 5.48. The van der Waals surface area contributed by atoms with Gasteiger partial charge in [0, 0.05) is 36.6 Å². The van der Waals surface area contributed by atoms with E-state index in [0.29, 0.717) is 17.6 Å². The lowest BCUT2D eigenvalue weighted by atomic mass is 10.3. The fraction of sp³-hybridized carbons (Fsp3) is 0.214. The standard InChI is InChI=1S/C14H13F2N3S/c15-11-6-13-14(7-12(11)16)19(9-18-13)4-3-17-8-10-2-1-5-20-10/h1-2,5-7,9,17H,3-4,8H2. The first-order valence-electron chi connectivity index (χ1n) is 6.27. The highest BCUT2D eigenvalue weighted by Gasteiger charge is 2.08. The third-order valence-electron chi connectivity index (χ3n) is 3.07. The van der Waals surface area contributed by atoms with Crippen molar-refractivity contribution in [2.45, 2.75) is 13.1 Å². The van der Waals surface area contributed by atoms with Gasteiger partial charge in [0.2, 0.25) is 0 Å². The van der Waals surface area contributed by atoms with E-state index in [1.54, 1.807) is 17.7 Å². The molecule has 0 bridgehead atoms. The van der Waals surface area contributed by atoms with Crippen LogP contribution < -0.4 is 5.32 Å². The van der Waals surface area contributed by atoms with Crippen LogP contribution in [-0.2, 0) is 13.1 Å². The van der Waals surface area contributed by atoms with Crippen molar-refractivity contribution >= 4 is 22.4 Å². The zero-order valence-corrected chi connectivity index (χ0v) is 11.5.